The third-order valence-corrected chi connectivity index (χ3v) is 4.51. The van der Waals surface area contributed by atoms with E-state index in [1.165, 1.54) is 18.1 Å². The molecule has 7 nitrogen and oxygen atoms in total. The zero-order chi connectivity index (χ0) is 19.6. The van der Waals surface area contributed by atoms with Crippen LogP contribution in [0.25, 0.3) is 5.76 Å². The number of aromatic hydroxyl groups is 1. The summed E-state index contributed by atoms with van der Waals surface area (Å²) in [5.74, 6) is -1.52. The highest BCUT2D eigenvalue weighted by molar-refractivity contribution is 6.46. The molecule has 2 aromatic carbocycles. The first-order valence-electron chi connectivity index (χ1n) is 8.49. The zero-order valence-corrected chi connectivity index (χ0v) is 14.9. The lowest BCUT2D eigenvalue weighted by Gasteiger charge is -2.24. The van der Waals surface area contributed by atoms with E-state index in [2.05, 4.69) is 5.73 Å². The van der Waals surface area contributed by atoms with E-state index in [9.17, 15) is 19.8 Å². The van der Waals surface area contributed by atoms with E-state index in [1.807, 2.05) is 0 Å². The van der Waals surface area contributed by atoms with Crippen LogP contribution in [0.4, 0.5) is 0 Å². The number of aliphatic hydroxyl groups excluding tert-OH is 1. The van der Waals surface area contributed by atoms with Crippen molar-refractivity contribution >= 4 is 17.4 Å². The van der Waals surface area contributed by atoms with E-state index in [0.717, 1.165) is 0 Å². The number of phenolic OH excluding ortho intramolecular Hbond substituents is 1. The molecule has 1 amide bonds. The van der Waals surface area contributed by atoms with Gasteiger partial charge in [0.25, 0.3) is 11.7 Å². The molecule has 3 rings (SSSR count). The summed E-state index contributed by atoms with van der Waals surface area (Å²) < 4.78 is 5.15. The van der Waals surface area contributed by atoms with Crippen molar-refractivity contribution in [3.8, 4) is 11.5 Å². The molecule has 5 N–H and O–H groups in total. The molecule has 1 unspecified atom stereocenters. The molecule has 1 fully saturated rings. The lowest BCUT2D eigenvalue weighted by atomic mass is 9.95. The van der Waals surface area contributed by atoms with Crippen LogP contribution in [0.15, 0.2) is 54.1 Å². The molecule has 0 aromatic heterocycles. The second-order valence-electron chi connectivity index (χ2n) is 6.14. The Balaban J connectivity index is 2.21. The summed E-state index contributed by atoms with van der Waals surface area (Å²) in [6.45, 7) is 0.661. The average Bonchev–Trinajstić information content (AvgIpc) is 2.94. The Morgan fingerprint density at radius 2 is 1.89 bits per heavy atom. The fourth-order valence-electron chi connectivity index (χ4n) is 3.24. The lowest BCUT2D eigenvalue weighted by Crippen LogP contribution is -2.55. The number of likely N-dealkylation sites (tertiary alicyclic amines) is 1. The Kier molecular flexibility index (Phi) is 5.14. The number of methoxy groups -OCH3 is 1. The molecule has 27 heavy (non-hydrogen) atoms. The molecule has 2 aromatic rings. The molecule has 0 bridgehead atoms. The van der Waals surface area contributed by atoms with Gasteiger partial charge in [-0.15, -0.1) is 0 Å². The van der Waals surface area contributed by atoms with Gasteiger partial charge < -0.3 is 25.6 Å². The topological polar surface area (TPSA) is 115 Å². The number of benzene rings is 2. The summed E-state index contributed by atoms with van der Waals surface area (Å²) in [7, 11) is 1.41. The number of quaternary nitrogens is 1. The Bertz CT molecular complexity index is 908. The number of ketones is 1. The molecule has 0 spiro atoms. The largest absolute Gasteiger partial charge is 0.507 e. The van der Waals surface area contributed by atoms with Gasteiger partial charge in [-0.1, -0.05) is 36.4 Å². The van der Waals surface area contributed by atoms with Gasteiger partial charge in [0.1, 0.15) is 5.76 Å². The molecular weight excluding hydrogens is 348 g/mol. The summed E-state index contributed by atoms with van der Waals surface area (Å²) in [5.41, 5.74) is 4.77. The van der Waals surface area contributed by atoms with Gasteiger partial charge >= 0.3 is 0 Å². The number of hydrogen-bond donors (Lipinski definition) is 3. The van der Waals surface area contributed by atoms with Crippen LogP contribution in [0, 0.1) is 0 Å². The summed E-state index contributed by atoms with van der Waals surface area (Å²) >= 11 is 0. The second kappa shape index (κ2) is 7.51. The number of rotatable bonds is 5. The van der Waals surface area contributed by atoms with E-state index in [1.54, 1.807) is 42.5 Å². The normalized spacial score (nSPS) is 18.7. The number of carbonyl (C=O) groups is 2. The van der Waals surface area contributed by atoms with E-state index in [-0.39, 0.29) is 29.4 Å². The van der Waals surface area contributed by atoms with Crippen molar-refractivity contribution in [3.05, 3.63) is 65.2 Å². The molecule has 0 aliphatic carbocycles. The monoisotopic (exact) mass is 369 g/mol. The Morgan fingerprint density at radius 1 is 1.19 bits per heavy atom. The van der Waals surface area contributed by atoms with E-state index < -0.39 is 17.7 Å². The number of Topliss-reactive ketones (excluding diaryl/α,β-unsaturated/α-hetero) is 1. The smallest absolute Gasteiger partial charge is 0.295 e. The highest BCUT2D eigenvalue weighted by atomic mass is 16.5. The van der Waals surface area contributed by atoms with Crippen molar-refractivity contribution in [3.63, 3.8) is 0 Å². The first kappa shape index (κ1) is 18.5. The van der Waals surface area contributed by atoms with Crippen molar-refractivity contribution < 1.29 is 30.3 Å². The highest BCUT2D eigenvalue weighted by Crippen LogP contribution is 2.41. The van der Waals surface area contributed by atoms with Crippen molar-refractivity contribution in [1.82, 2.24) is 4.90 Å². The SMILES string of the molecule is COc1cc(C2C(=C(O)c3ccccc3)C(=O)C(=O)N2CC[NH3+])ccc1O. The third-order valence-electron chi connectivity index (χ3n) is 4.51. The average molecular weight is 369 g/mol. The van der Waals surface area contributed by atoms with Crippen LogP contribution in [0.5, 0.6) is 11.5 Å². The summed E-state index contributed by atoms with van der Waals surface area (Å²) in [5, 5.41) is 20.7. The number of nitrogens with zero attached hydrogens (tertiary/aromatic N) is 1. The van der Waals surface area contributed by atoms with Crippen LogP contribution in [-0.2, 0) is 9.59 Å². The lowest BCUT2D eigenvalue weighted by molar-refractivity contribution is -0.368. The van der Waals surface area contributed by atoms with Gasteiger partial charge in [-0.3, -0.25) is 9.59 Å². The van der Waals surface area contributed by atoms with Crippen LogP contribution < -0.4 is 10.5 Å². The van der Waals surface area contributed by atoms with E-state index >= 15 is 0 Å². The van der Waals surface area contributed by atoms with Gasteiger partial charge in [0.2, 0.25) is 0 Å². The van der Waals surface area contributed by atoms with Crippen LogP contribution >= 0.6 is 0 Å². The van der Waals surface area contributed by atoms with Crippen LogP contribution in [0.2, 0.25) is 0 Å². The van der Waals surface area contributed by atoms with Gasteiger partial charge in [0, 0.05) is 5.56 Å². The number of amides is 1. The minimum absolute atomic E-state index is 0.00685. The van der Waals surface area contributed by atoms with Crippen molar-refractivity contribution in [2.45, 2.75) is 6.04 Å². The van der Waals surface area contributed by atoms with E-state index in [0.29, 0.717) is 17.7 Å². The predicted molar refractivity (Wildman–Crippen MR) is 97.9 cm³/mol. The fraction of sp³-hybridized carbons (Fsp3) is 0.200. The molecule has 140 valence electrons. The molecule has 1 atom stereocenters. The molecule has 1 aliphatic rings. The molecule has 0 saturated carbocycles. The summed E-state index contributed by atoms with van der Waals surface area (Å²) in [4.78, 5) is 26.7. The Hall–Kier alpha value is -3.32. The van der Waals surface area contributed by atoms with Gasteiger partial charge in [-0.25, -0.2) is 0 Å². The predicted octanol–water partition coefficient (Wildman–Crippen LogP) is 1.06. The first-order chi connectivity index (χ1) is 13.0. The van der Waals surface area contributed by atoms with Crippen LogP contribution in [0.3, 0.4) is 0 Å². The molecular formula is C20H21N2O5+. The summed E-state index contributed by atoms with van der Waals surface area (Å²) in [6.07, 6.45) is 0. The fourth-order valence-corrected chi connectivity index (χ4v) is 3.24. The number of hydrogen-bond acceptors (Lipinski definition) is 5. The maximum atomic E-state index is 12.7. The summed E-state index contributed by atoms with van der Waals surface area (Å²) in [6, 6.07) is 12.4. The van der Waals surface area contributed by atoms with Gasteiger partial charge in [-0.2, -0.15) is 0 Å². The number of aliphatic hydroxyl groups is 1. The molecule has 1 heterocycles. The van der Waals surface area contributed by atoms with Crippen LogP contribution in [-0.4, -0.2) is 47.0 Å². The van der Waals surface area contributed by atoms with Crippen molar-refractivity contribution in [2.75, 3.05) is 20.2 Å². The minimum Gasteiger partial charge on any atom is -0.507 e. The van der Waals surface area contributed by atoms with Crippen molar-refractivity contribution in [1.29, 1.82) is 0 Å². The van der Waals surface area contributed by atoms with Gasteiger partial charge in [-0.05, 0) is 17.7 Å². The van der Waals surface area contributed by atoms with E-state index in [4.69, 9.17) is 4.74 Å². The zero-order valence-electron chi connectivity index (χ0n) is 14.9. The molecule has 0 radical (unpaired) electrons. The quantitative estimate of drug-likeness (QED) is 0.414. The number of ether oxygens (including phenoxy) is 1. The third kappa shape index (κ3) is 3.24. The number of phenols is 1. The number of carbonyl (C=O) groups excluding carboxylic acids is 2. The van der Waals surface area contributed by atoms with Gasteiger partial charge in [0.15, 0.2) is 11.5 Å². The maximum absolute atomic E-state index is 12.7. The Labute approximate surface area is 156 Å². The molecule has 7 heteroatoms. The maximum Gasteiger partial charge on any atom is 0.295 e. The van der Waals surface area contributed by atoms with Gasteiger partial charge in [0.05, 0.1) is 31.8 Å². The van der Waals surface area contributed by atoms with Crippen LogP contribution in [0.1, 0.15) is 17.2 Å². The Morgan fingerprint density at radius 3 is 2.52 bits per heavy atom. The molecule has 1 saturated heterocycles. The molecule has 1 aliphatic heterocycles. The highest BCUT2D eigenvalue weighted by Gasteiger charge is 2.46. The second-order valence-corrected chi connectivity index (χ2v) is 6.14. The minimum atomic E-state index is -0.790. The van der Waals surface area contributed by atoms with Crippen molar-refractivity contribution in [2.24, 2.45) is 0 Å². The first-order valence-corrected chi connectivity index (χ1v) is 8.49. The standard InChI is InChI=1S/C20H20N2O5/c1-27-15-11-13(7-8-14(15)23)17-16(18(24)12-5-3-2-4-6-12)19(25)20(26)22(17)10-9-21/h2-8,11,17,23-24H,9-10,21H2,1H3/p+1.